The van der Waals surface area contributed by atoms with Crippen LogP contribution in [0.5, 0.6) is 5.75 Å². The Hall–Kier alpha value is -1.55. The summed E-state index contributed by atoms with van der Waals surface area (Å²) < 4.78 is 5.41. The lowest BCUT2D eigenvalue weighted by molar-refractivity contribution is -0.123. The van der Waals surface area contributed by atoms with Gasteiger partial charge >= 0.3 is 0 Å². The molecule has 0 bridgehead atoms. The Kier molecular flexibility index (Phi) is 5.02. The molecular weight excluding hydrogens is 228 g/mol. The van der Waals surface area contributed by atoms with Gasteiger partial charge in [-0.3, -0.25) is 4.79 Å². The van der Waals surface area contributed by atoms with Crippen molar-refractivity contribution in [1.82, 2.24) is 10.6 Å². The van der Waals surface area contributed by atoms with Crippen LogP contribution in [0.1, 0.15) is 19.3 Å². The van der Waals surface area contributed by atoms with Gasteiger partial charge in [0.15, 0.2) is 6.61 Å². The van der Waals surface area contributed by atoms with Crippen LogP contribution in [0.25, 0.3) is 0 Å². The molecule has 4 nitrogen and oxygen atoms in total. The van der Waals surface area contributed by atoms with E-state index in [1.54, 1.807) is 0 Å². The minimum atomic E-state index is -0.0363. The quantitative estimate of drug-likeness (QED) is 0.845. The van der Waals surface area contributed by atoms with Crippen LogP contribution in [-0.4, -0.2) is 31.6 Å². The van der Waals surface area contributed by atoms with Gasteiger partial charge in [0.05, 0.1) is 0 Å². The number of benzene rings is 1. The lowest BCUT2D eigenvalue weighted by atomic mass is 10.1. The van der Waals surface area contributed by atoms with Crippen molar-refractivity contribution in [2.45, 2.75) is 25.3 Å². The van der Waals surface area contributed by atoms with Crippen molar-refractivity contribution in [1.29, 1.82) is 0 Å². The summed E-state index contributed by atoms with van der Waals surface area (Å²) in [6, 6.07) is 9.69. The van der Waals surface area contributed by atoms with Gasteiger partial charge in [0.2, 0.25) is 0 Å². The summed E-state index contributed by atoms with van der Waals surface area (Å²) in [6.45, 7) is 2.12. The molecule has 98 valence electrons. The van der Waals surface area contributed by atoms with Gasteiger partial charge < -0.3 is 15.4 Å². The zero-order valence-corrected chi connectivity index (χ0v) is 10.5. The van der Waals surface area contributed by atoms with Crippen LogP contribution in [0, 0.1) is 0 Å². The highest BCUT2D eigenvalue weighted by Crippen LogP contribution is 2.08. The molecule has 1 amide bonds. The van der Waals surface area contributed by atoms with Crippen molar-refractivity contribution < 1.29 is 9.53 Å². The van der Waals surface area contributed by atoms with E-state index in [0.29, 0.717) is 0 Å². The van der Waals surface area contributed by atoms with Crippen molar-refractivity contribution in [3.8, 4) is 5.75 Å². The van der Waals surface area contributed by atoms with Gasteiger partial charge in [-0.15, -0.1) is 0 Å². The first-order chi connectivity index (χ1) is 8.84. The van der Waals surface area contributed by atoms with Gasteiger partial charge in [0.25, 0.3) is 5.91 Å². The first-order valence-electron chi connectivity index (χ1n) is 6.52. The van der Waals surface area contributed by atoms with Crippen LogP contribution >= 0.6 is 0 Å². The number of hydrogen-bond donors (Lipinski definition) is 2. The fraction of sp³-hybridized carbons (Fsp3) is 0.500. The molecule has 0 aromatic heterocycles. The number of rotatable bonds is 4. The second-order valence-corrected chi connectivity index (χ2v) is 4.55. The summed E-state index contributed by atoms with van der Waals surface area (Å²) in [5, 5.41) is 6.35. The van der Waals surface area contributed by atoms with E-state index in [0.717, 1.165) is 38.1 Å². The van der Waals surface area contributed by atoms with Gasteiger partial charge in [-0.1, -0.05) is 18.2 Å². The third kappa shape index (κ3) is 4.37. The van der Waals surface area contributed by atoms with E-state index >= 15 is 0 Å². The second-order valence-electron chi connectivity index (χ2n) is 4.55. The molecule has 2 N–H and O–H groups in total. The SMILES string of the molecule is O=C(COc1ccccc1)NC1CCCNCC1. The van der Waals surface area contributed by atoms with E-state index in [1.807, 2.05) is 30.3 Å². The Bertz CT molecular complexity index is 359. The van der Waals surface area contributed by atoms with Crippen molar-refractivity contribution in [2.75, 3.05) is 19.7 Å². The highest BCUT2D eigenvalue weighted by Gasteiger charge is 2.14. The van der Waals surface area contributed by atoms with Crippen LogP contribution in [0.2, 0.25) is 0 Å². The molecule has 0 aliphatic carbocycles. The molecule has 1 atom stereocenters. The molecule has 1 aromatic carbocycles. The molecule has 0 spiro atoms. The standard InChI is InChI=1S/C14H20N2O2/c17-14(11-18-13-6-2-1-3-7-13)16-12-5-4-9-15-10-8-12/h1-3,6-7,12,15H,4-5,8-11H2,(H,16,17). The minimum Gasteiger partial charge on any atom is -0.484 e. The van der Waals surface area contributed by atoms with Crippen LogP contribution < -0.4 is 15.4 Å². The highest BCUT2D eigenvalue weighted by molar-refractivity contribution is 5.77. The number of hydrogen-bond acceptors (Lipinski definition) is 3. The zero-order valence-electron chi connectivity index (χ0n) is 10.5. The first-order valence-corrected chi connectivity index (χ1v) is 6.52. The van der Waals surface area contributed by atoms with Crippen LogP contribution in [0.15, 0.2) is 30.3 Å². The van der Waals surface area contributed by atoms with Crippen LogP contribution in [0.4, 0.5) is 0 Å². The van der Waals surface area contributed by atoms with Crippen molar-refractivity contribution in [3.63, 3.8) is 0 Å². The predicted octanol–water partition coefficient (Wildman–Crippen LogP) is 1.32. The maximum atomic E-state index is 11.7. The van der Waals surface area contributed by atoms with Crippen molar-refractivity contribution >= 4 is 5.91 Å². The normalized spacial score (nSPS) is 19.9. The van der Waals surface area contributed by atoms with Crippen molar-refractivity contribution in [3.05, 3.63) is 30.3 Å². The van der Waals surface area contributed by atoms with Gasteiger partial charge in [-0.2, -0.15) is 0 Å². The van der Waals surface area contributed by atoms with E-state index in [1.165, 1.54) is 0 Å². The predicted molar refractivity (Wildman–Crippen MR) is 70.6 cm³/mol. The third-order valence-corrected chi connectivity index (χ3v) is 3.05. The van der Waals surface area contributed by atoms with Gasteiger partial charge in [0.1, 0.15) is 5.75 Å². The second kappa shape index (κ2) is 7.01. The molecule has 1 fully saturated rings. The van der Waals surface area contributed by atoms with Crippen molar-refractivity contribution in [2.24, 2.45) is 0 Å². The fourth-order valence-electron chi connectivity index (χ4n) is 2.10. The highest BCUT2D eigenvalue weighted by atomic mass is 16.5. The summed E-state index contributed by atoms with van der Waals surface area (Å²) in [5.74, 6) is 0.695. The smallest absolute Gasteiger partial charge is 0.258 e. The number of carbonyl (C=O) groups is 1. The van der Waals surface area contributed by atoms with E-state index < -0.39 is 0 Å². The number of amides is 1. The van der Waals surface area contributed by atoms with Gasteiger partial charge in [-0.25, -0.2) is 0 Å². The lowest BCUT2D eigenvalue weighted by Crippen LogP contribution is -2.38. The first kappa shape index (κ1) is 12.9. The topological polar surface area (TPSA) is 50.4 Å². The van der Waals surface area contributed by atoms with E-state index in [9.17, 15) is 4.79 Å². The van der Waals surface area contributed by atoms with Crippen LogP contribution in [0.3, 0.4) is 0 Å². The Labute approximate surface area is 108 Å². The molecule has 1 saturated heterocycles. The van der Waals surface area contributed by atoms with E-state index in [2.05, 4.69) is 10.6 Å². The fourth-order valence-corrected chi connectivity index (χ4v) is 2.10. The summed E-state index contributed by atoms with van der Waals surface area (Å²) in [7, 11) is 0. The maximum Gasteiger partial charge on any atom is 0.258 e. The average Bonchev–Trinajstić information content (AvgIpc) is 2.66. The summed E-state index contributed by atoms with van der Waals surface area (Å²) in [5.41, 5.74) is 0. The molecule has 0 saturated carbocycles. The maximum absolute atomic E-state index is 11.7. The molecule has 1 aliphatic heterocycles. The largest absolute Gasteiger partial charge is 0.484 e. The van der Waals surface area contributed by atoms with E-state index in [4.69, 9.17) is 4.74 Å². The molecule has 1 aromatic rings. The van der Waals surface area contributed by atoms with E-state index in [-0.39, 0.29) is 18.6 Å². The molecule has 1 unspecified atom stereocenters. The lowest BCUT2D eigenvalue weighted by Gasteiger charge is -2.16. The molecular formula is C14H20N2O2. The Morgan fingerprint density at radius 3 is 2.94 bits per heavy atom. The molecule has 18 heavy (non-hydrogen) atoms. The monoisotopic (exact) mass is 248 g/mol. The molecule has 2 rings (SSSR count). The summed E-state index contributed by atoms with van der Waals surface area (Å²) in [6.07, 6.45) is 3.16. The molecule has 0 radical (unpaired) electrons. The Morgan fingerprint density at radius 2 is 2.11 bits per heavy atom. The third-order valence-electron chi connectivity index (χ3n) is 3.05. The summed E-state index contributed by atoms with van der Waals surface area (Å²) in [4.78, 5) is 11.7. The van der Waals surface area contributed by atoms with Gasteiger partial charge in [-0.05, 0) is 44.5 Å². The van der Waals surface area contributed by atoms with Gasteiger partial charge in [0, 0.05) is 6.04 Å². The van der Waals surface area contributed by atoms with Crippen LogP contribution in [-0.2, 0) is 4.79 Å². The summed E-state index contributed by atoms with van der Waals surface area (Å²) >= 11 is 0. The average molecular weight is 248 g/mol. The number of nitrogens with one attached hydrogen (secondary N) is 2. The molecule has 1 aliphatic rings. The minimum absolute atomic E-state index is 0.0363. The molecule has 1 heterocycles. The Morgan fingerprint density at radius 1 is 1.28 bits per heavy atom. The number of para-hydroxylation sites is 1. The number of ether oxygens (including phenoxy) is 1. The Balaban J connectivity index is 1.71. The number of carbonyl (C=O) groups excluding carboxylic acids is 1. The molecule has 4 heteroatoms. The zero-order chi connectivity index (χ0) is 12.6.